The van der Waals surface area contributed by atoms with E-state index < -0.39 is 0 Å². The molecule has 0 saturated carbocycles. The van der Waals surface area contributed by atoms with Crippen molar-refractivity contribution in [1.29, 1.82) is 0 Å². The molecule has 0 bridgehead atoms. The highest BCUT2D eigenvalue weighted by Gasteiger charge is 2.13. The number of nitrogens with zero attached hydrogens (tertiary/aromatic N) is 3. The summed E-state index contributed by atoms with van der Waals surface area (Å²) >= 11 is 0. The van der Waals surface area contributed by atoms with Crippen molar-refractivity contribution in [2.45, 2.75) is 59.4 Å². The highest BCUT2D eigenvalue weighted by Crippen LogP contribution is 2.13. The van der Waals surface area contributed by atoms with Crippen molar-refractivity contribution in [3.8, 4) is 0 Å². The van der Waals surface area contributed by atoms with Gasteiger partial charge in [0.2, 0.25) is 0 Å². The molecule has 0 spiro atoms. The van der Waals surface area contributed by atoms with Crippen molar-refractivity contribution in [3.63, 3.8) is 0 Å². The molecule has 6 nitrogen and oxygen atoms in total. The average molecular weight is 414 g/mol. The lowest BCUT2D eigenvalue weighted by Gasteiger charge is -2.30. The van der Waals surface area contributed by atoms with Crippen LogP contribution in [0.3, 0.4) is 0 Å². The van der Waals surface area contributed by atoms with Gasteiger partial charge in [-0.25, -0.2) is 0 Å². The van der Waals surface area contributed by atoms with E-state index in [0.717, 1.165) is 44.4 Å². The molecular weight excluding hydrogens is 374 g/mol. The second-order valence-electron chi connectivity index (χ2n) is 8.30. The third-order valence-corrected chi connectivity index (χ3v) is 5.22. The van der Waals surface area contributed by atoms with Crippen LogP contribution >= 0.6 is 0 Å². The molecule has 0 unspecified atom stereocenters. The minimum absolute atomic E-state index is 0.534. The van der Waals surface area contributed by atoms with Gasteiger partial charge in [0, 0.05) is 45.3 Å². The molecule has 0 aliphatic carbocycles. The fourth-order valence-corrected chi connectivity index (χ4v) is 3.72. The molecule has 0 atom stereocenters. The van der Waals surface area contributed by atoms with Crippen LogP contribution in [0.1, 0.15) is 44.6 Å². The van der Waals surface area contributed by atoms with Gasteiger partial charge in [-0.2, -0.15) is 0 Å². The maximum atomic E-state index is 5.47. The maximum Gasteiger partial charge on any atom is 0.191 e. The van der Waals surface area contributed by atoms with E-state index in [1.54, 1.807) is 6.26 Å². The van der Waals surface area contributed by atoms with Crippen LogP contribution in [0.25, 0.3) is 0 Å². The molecule has 0 aliphatic heterocycles. The molecule has 0 radical (unpaired) electrons. The Hall–Kier alpha value is -2.31. The lowest BCUT2D eigenvalue weighted by Crippen LogP contribution is -2.45. The fraction of sp³-hybridized carbons (Fsp3) is 0.542. The summed E-state index contributed by atoms with van der Waals surface area (Å²) in [5.41, 5.74) is 2.58. The first kappa shape index (κ1) is 24.0. The predicted molar refractivity (Wildman–Crippen MR) is 126 cm³/mol. The molecule has 0 saturated heterocycles. The van der Waals surface area contributed by atoms with Gasteiger partial charge >= 0.3 is 0 Å². The van der Waals surface area contributed by atoms with E-state index in [0.29, 0.717) is 12.1 Å². The second kappa shape index (κ2) is 12.4. The summed E-state index contributed by atoms with van der Waals surface area (Å²) in [5.74, 6) is 1.82. The standard InChI is InChI=1S/C24H39N5O/c1-19(2)29(20(3)4)14-13-26-24(25-5)27-16-21-10-7-8-11-22(21)17-28(6)18-23-12-9-15-30-23/h7-12,15,19-20H,13-14,16-18H2,1-6H3,(H2,25,26,27). The monoisotopic (exact) mass is 413 g/mol. The number of guanidine groups is 1. The first-order valence-electron chi connectivity index (χ1n) is 10.9. The number of hydrogen-bond acceptors (Lipinski definition) is 4. The Labute approximate surface area is 182 Å². The zero-order valence-electron chi connectivity index (χ0n) is 19.5. The van der Waals surface area contributed by atoms with Gasteiger partial charge in [-0.3, -0.25) is 14.8 Å². The van der Waals surface area contributed by atoms with Gasteiger partial charge in [-0.15, -0.1) is 0 Å². The number of aliphatic imine (C=N–C) groups is 1. The van der Waals surface area contributed by atoms with Crippen molar-refractivity contribution in [2.24, 2.45) is 4.99 Å². The van der Waals surface area contributed by atoms with Gasteiger partial charge in [0.05, 0.1) is 12.8 Å². The third kappa shape index (κ3) is 7.84. The molecule has 2 N–H and O–H groups in total. The molecule has 2 rings (SSSR count). The molecule has 1 aromatic heterocycles. The van der Waals surface area contributed by atoms with Crippen molar-refractivity contribution >= 4 is 5.96 Å². The van der Waals surface area contributed by atoms with Gasteiger partial charge < -0.3 is 15.1 Å². The van der Waals surface area contributed by atoms with Gasteiger partial charge in [-0.1, -0.05) is 24.3 Å². The summed E-state index contributed by atoms with van der Waals surface area (Å²) in [6, 6.07) is 13.6. The van der Waals surface area contributed by atoms with Crippen molar-refractivity contribution in [1.82, 2.24) is 20.4 Å². The van der Waals surface area contributed by atoms with Crippen molar-refractivity contribution in [2.75, 3.05) is 27.2 Å². The van der Waals surface area contributed by atoms with Crippen LogP contribution in [-0.4, -0.2) is 55.0 Å². The van der Waals surface area contributed by atoms with Crippen LogP contribution in [0.15, 0.2) is 52.1 Å². The SMILES string of the molecule is CN=C(NCCN(C(C)C)C(C)C)NCc1ccccc1CN(C)Cc1ccco1. The highest BCUT2D eigenvalue weighted by molar-refractivity contribution is 5.79. The third-order valence-electron chi connectivity index (χ3n) is 5.22. The summed E-state index contributed by atoms with van der Waals surface area (Å²) < 4.78 is 5.47. The summed E-state index contributed by atoms with van der Waals surface area (Å²) in [6.07, 6.45) is 1.72. The maximum absolute atomic E-state index is 5.47. The van der Waals surface area contributed by atoms with E-state index in [9.17, 15) is 0 Å². The first-order valence-corrected chi connectivity index (χ1v) is 10.9. The minimum Gasteiger partial charge on any atom is -0.468 e. The molecule has 0 amide bonds. The second-order valence-corrected chi connectivity index (χ2v) is 8.30. The van der Waals surface area contributed by atoms with E-state index in [1.807, 2.05) is 19.2 Å². The van der Waals surface area contributed by atoms with Crippen LogP contribution in [0, 0.1) is 0 Å². The summed E-state index contributed by atoms with van der Waals surface area (Å²) in [7, 11) is 3.93. The van der Waals surface area contributed by atoms with Crippen LogP contribution in [0.5, 0.6) is 0 Å². The molecule has 2 aromatic rings. The molecule has 1 heterocycles. The van der Waals surface area contributed by atoms with E-state index in [4.69, 9.17) is 4.42 Å². The van der Waals surface area contributed by atoms with Gasteiger partial charge in [0.15, 0.2) is 5.96 Å². The number of hydrogen-bond donors (Lipinski definition) is 2. The van der Waals surface area contributed by atoms with E-state index in [1.165, 1.54) is 11.1 Å². The number of nitrogens with one attached hydrogen (secondary N) is 2. The summed E-state index contributed by atoms with van der Waals surface area (Å²) in [6.45, 7) is 13.2. The number of rotatable bonds is 11. The van der Waals surface area contributed by atoms with Crippen LogP contribution in [0.4, 0.5) is 0 Å². The molecular formula is C24H39N5O. The Morgan fingerprint density at radius 3 is 2.27 bits per heavy atom. The van der Waals surface area contributed by atoms with Crippen molar-refractivity contribution in [3.05, 3.63) is 59.5 Å². The summed E-state index contributed by atoms with van der Waals surface area (Å²) in [4.78, 5) is 9.12. The van der Waals surface area contributed by atoms with E-state index >= 15 is 0 Å². The van der Waals surface area contributed by atoms with Crippen LogP contribution in [-0.2, 0) is 19.6 Å². The Kier molecular flexibility index (Phi) is 9.91. The van der Waals surface area contributed by atoms with Crippen LogP contribution < -0.4 is 10.6 Å². The van der Waals surface area contributed by atoms with Gasteiger partial charge in [-0.05, 0) is 58.0 Å². The van der Waals surface area contributed by atoms with E-state index in [2.05, 4.69) is 84.4 Å². The molecule has 30 heavy (non-hydrogen) atoms. The zero-order chi connectivity index (χ0) is 21.9. The fourth-order valence-electron chi connectivity index (χ4n) is 3.72. The topological polar surface area (TPSA) is 56.0 Å². The largest absolute Gasteiger partial charge is 0.468 e. The molecule has 6 heteroatoms. The molecule has 0 fully saturated rings. The normalized spacial score (nSPS) is 12.4. The summed E-state index contributed by atoms with van der Waals surface area (Å²) in [5, 5.41) is 6.90. The number of benzene rings is 1. The quantitative estimate of drug-likeness (QED) is 0.435. The molecule has 1 aromatic carbocycles. The average Bonchev–Trinajstić information content (AvgIpc) is 3.20. The van der Waals surface area contributed by atoms with E-state index in [-0.39, 0.29) is 0 Å². The highest BCUT2D eigenvalue weighted by atomic mass is 16.3. The predicted octanol–water partition coefficient (Wildman–Crippen LogP) is 3.70. The lowest BCUT2D eigenvalue weighted by atomic mass is 10.1. The smallest absolute Gasteiger partial charge is 0.191 e. The first-order chi connectivity index (χ1) is 14.4. The molecule has 166 valence electrons. The Bertz CT molecular complexity index is 747. The number of furan rings is 1. The van der Waals surface area contributed by atoms with Gasteiger partial charge in [0.25, 0.3) is 0 Å². The minimum atomic E-state index is 0.534. The Morgan fingerprint density at radius 2 is 1.67 bits per heavy atom. The Balaban J connectivity index is 1.86. The van der Waals surface area contributed by atoms with Crippen molar-refractivity contribution < 1.29 is 4.42 Å². The van der Waals surface area contributed by atoms with Crippen LogP contribution in [0.2, 0.25) is 0 Å². The lowest BCUT2D eigenvalue weighted by molar-refractivity contribution is 0.178. The molecule has 0 aliphatic rings. The van der Waals surface area contributed by atoms with Gasteiger partial charge in [0.1, 0.15) is 5.76 Å². The Morgan fingerprint density at radius 1 is 0.967 bits per heavy atom. The zero-order valence-corrected chi connectivity index (χ0v) is 19.5.